The number of nitrogens with two attached hydrogens (primary N) is 2. The number of hydrogen-bond donors (Lipinski definition) is 2. The quantitative estimate of drug-likeness (QED) is 0.556. The lowest BCUT2D eigenvalue weighted by atomic mass is 9.91. The van der Waals surface area contributed by atoms with E-state index in [1.165, 1.54) is 11.1 Å². The van der Waals surface area contributed by atoms with Crippen molar-refractivity contribution in [1.29, 1.82) is 0 Å². The van der Waals surface area contributed by atoms with Crippen molar-refractivity contribution in [2.75, 3.05) is 0 Å². The number of nitrogens with zero attached hydrogens (tertiary/aromatic N) is 1. The molecule has 0 aliphatic heterocycles. The van der Waals surface area contributed by atoms with Gasteiger partial charge < -0.3 is 11.5 Å². The number of aromatic nitrogens is 1. The molecule has 4 rings (SSSR count). The minimum Gasteiger partial charge on any atom is -0.369 e. The van der Waals surface area contributed by atoms with Crippen molar-refractivity contribution in [3.05, 3.63) is 64.8 Å². The molecule has 2 aromatic carbocycles. The van der Waals surface area contributed by atoms with E-state index in [0.29, 0.717) is 6.54 Å². The maximum Gasteiger partial charge on any atom is 0.221 e. The number of amides is 1. The third-order valence-corrected chi connectivity index (χ3v) is 5.81. The molecule has 1 amide bonds. The Bertz CT molecular complexity index is 1050. The summed E-state index contributed by atoms with van der Waals surface area (Å²) in [6.07, 6.45) is 2.78. The molecule has 4 nitrogen and oxygen atoms in total. The molecule has 30 heavy (non-hydrogen) atoms. The molecule has 1 aliphatic rings. The monoisotopic (exact) mass is 445 g/mol. The Labute approximate surface area is 190 Å². The van der Waals surface area contributed by atoms with Gasteiger partial charge in [0, 0.05) is 23.5 Å². The van der Waals surface area contributed by atoms with Gasteiger partial charge in [-0.1, -0.05) is 49.2 Å². The number of pyridine rings is 1. The summed E-state index contributed by atoms with van der Waals surface area (Å²) in [7, 11) is 0. The molecule has 0 bridgehead atoms. The van der Waals surface area contributed by atoms with Gasteiger partial charge in [-0.2, -0.15) is 0 Å². The normalized spacial score (nSPS) is 17.2. The van der Waals surface area contributed by atoms with E-state index in [4.69, 9.17) is 16.5 Å². The van der Waals surface area contributed by atoms with Gasteiger partial charge in [0.2, 0.25) is 5.91 Å². The minimum atomic E-state index is -0.206. The van der Waals surface area contributed by atoms with Crippen molar-refractivity contribution in [3.8, 4) is 11.1 Å². The average Bonchev–Trinajstić information content (AvgIpc) is 3.49. The summed E-state index contributed by atoms with van der Waals surface area (Å²) in [5, 5.41) is 1.11. The number of primary amides is 1. The summed E-state index contributed by atoms with van der Waals surface area (Å²) >= 11 is 0. The Morgan fingerprint density at radius 3 is 2.40 bits per heavy atom. The van der Waals surface area contributed by atoms with E-state index in [9.17, 15) is 4.79 Å². The third kappa shape index (κ3) is 4.46. The van der Waals surface area contributed by atoms with Crippen molar-refractivity contribution < 1.29 is 4.79 Å². The predicted octanol–water partition coefficient (Wildman–Crippen LogP) is 5.05. The van der Waals surface area contributed by atoms with Crippen LogP contribution >= 0.6 is 24.8 Å². The Morgan fingerprint density at radius 1 is 1.13 bits per heavy atom. The second-order valence-electron chi connectivity index (χ2n) is 7.86. The summed E-state index contributed by atoms with van der Waals surface area (Å²) in [4.78, 5) is 16.5. The fraction of sp³-hybridized carbons (Fsp3) is 0.333. The zero-order valence-corrected chi connectivity index (χ0v) is 19.0. The number of aryl methyl sites for hydroxylation is 2. The van der Waals surface area contributed by atoms with Crippen LogP contribution in [-0.4, -0.2) is 10.9 Å². The largest absolute Gasteiger partial charge is 0.369 e. The highest BCUT2D eigenvalue weighted by atomic mass is 35.5. The van der Waals surface area contributed by atoms with Crippen LogP contribution in [0.1, 0.15) is 48.1 Å². The van der Waals surface area contributed by atoms with E-state index in [0.717, 1.165) is 52.5 Å². The molecule has 1 aromatic heterocycles. The third-order valence-electron chi connectivity index (χ3n) is 5.81. The van der Waals surface area contributed by atoms with Crippen LogP contribution in [0.25, 0.3) is 22.0 Å². The smallest absolute Gasteiger partial charge is 0.221 e. The standard InChI is InChI=1S/C24H27N3O.2ClH/c1-3-4-21-20(13-25)23(15-7-5-14(2)6-8-15)19-11-16(9-10-22(19)27-21)17-12-18(17)24(26)28;;/h5-11,17-18H,3-4,12-13,25H2,1-2H3,(H2,26,28);2*1H. The average molecular weight is 446 g/mol. The molecule has 1 saturated carbocycles. The van der Waals surface area contributed by atoms with E-state index in [2.05, 4.69) is 56.3 Å². The van der Waals surface area contributed by atoms with Crippen LogP contribution in [0.15, 0.2) is 42.5 Å². The zero-order valence-electron chi connectivity index (χ0n) is 17.4. The van der Waals surface area contributed by atoms with Crippen molar-refractivity contribution in [2.24, 2.45) is 17.4 Å². The van der Waals surface area contributed by atoms with Gasteiger partial charge in [0.05, 0.1) is 5.52 Å². The van der Waals surface area contributed by atoms with Crippen LogP contribution in [0.2, 0.25) is 0 Å². The zero-order chi connectivity index (χ0) is 19.8. The number of benzene rings is 2. The maximum atomic E-state index is 11.5. The number of fused-ring (bicyclic) bond motifs is 1. The van der Waals surface area contributed by atoms with Gasteiger partial charge in [-0.15, -0.1) is 24.8 Å². The number of hydrogen-bond acceptors (Lipinski definition) is 3. The molecule has 2 unspecified atom stereocenters. The van der Waals surface area contributed by atoms with Gasteiger partial charge in [-0.05, 0) is 60.1 Å². The highest BCUT2D eigenvalue weighted by molar-refractivity contribution is 5.97. The molecule has 0 radical (unpaired) electrons. The highest BCUT2D eigenvalue weighted by Gasteiger charge is 2.42. The molecular weight excluding hydrogens is 417 g/mol. The maximum absolute atomic E-state index is 11.5. The van der Waals surface area contributed by atoms with Gasteiger partial charge >= 0.3 is 0 Å². The van der Waals surface area contributed by atoms with Crippen LogP contribution in [0.3, 0.4) is 0 Å². The number of carbonyl (C=O) groups is 1. The first-order valence-corrected chi connectivity index (χ1v) is 10.0. The molecule has 6 heteroatoms. The van der Waals surface area contributed by atoms with E-state index in [1.54, 1.807) is 0 Å². The molecule has 0 saturated heterocycles. The first kappa shape index (κ1) is 24.1. The molecule has 4 N–H and O–H groups in total. The summed E-state index contributed by atoms with van der Waals surface area (Å²) in [5.41, 5.74) is 19.6. The Balaban J connectivity index is 0.00000160. The van der Waals surface area contributed by atoms with Gasteiger partial charge in [0.25, 0.3) is 0 Å². The highest BCUT2D eigenvalue weighted by Crippen LogP contribution is 2.48. The lowest BCUT2D eigenvalue weighted by Gasteiger charge is -2.17. The summed E-state index contributed by atoms with van der Waals surface area (Å²) in [5.74, 6) is -0.0195. The second-order valence-corrected chi connectivity index (χ2v) is 7.86. The van der Waals surface area contributed by atoms with Crippen LogP contribution in [0, 0.1) is 12.8 Å². The minimum absolute atomic E-state index is 0. The van der Waals surface area contributed by atoms with Crippen LogP contribution in [-0.2, 0) is 17.8 Å². The van der Waals surface area contributed by atoms with Crippen molar-refractivity contribution in [3.63, 3.8) is 0 Å². The molecule has 1 heterocycles. The van der Waals surface area contributed by atoms with Crippen LogP contribution in [0.5, 0.6) is 0 Å². The fourth-order valence-electron chi connectivity index (χ4n) is 4.19. The molecular formula is C24H29Cl2N3O. The topological polar surface area (TPSA) is 82.0 Å². The summed E-state index contributed by atoms with van der Waals surface area (Å²) < 4.78 is 0. The van der Waals surface area contributed by atoms with Gasteiger partial charge in [0.1, 0.15) is 0 Å². The second kappa shape index (κ2) is 9.78. The van der Waals surface area contributed by atoms with Crippen molar-refractivity contribution in [2.45, 2.75) is 45.6 Å². The molecule has 2 atom stereocenters. The molecule has 3 aromatic rings. The van der Waals surface area contributed by atoms with E-state index >= 15 is 0 Å². The Morgan fingerprint density at radius 2 is 1.83 bits per heavy atom. The first-order valence-electron chi connectivity index (χ1n) is 10.0. The Hall–Kier alpha value is -2.14. The van der Waals surface area contributed by atoms with E-state index in [-0.39, 0.29) is 42.6 Å². The summed E-state index contributed by atoms with van der Waals surface area (Å²) in [6.45, 7) is 4.72. The van der Waals surface area contributed by atoms with Crippen LogP contribution in [0.4, 0.5) is 0 Å². The molecule has 160 valence electrons. The van der Waals surface area contributed by atoms with Crippen molar-refractivity contribution >= 4 is 41.6 Å². The molecule has 0 spiro atoms. The SMILES string of the molecule is CCCc1nc2ccc(C3CC3C(N)=O)cc2c(-c2ccc(C)cc2)c1CN.Cl.Cl. The predicted molar refractivity (Wildman–Crippen MR) is 128 cm³/mol. The number of rotatable bonds is 6. The fourth-order valence-corrected chi connectivity index (χ4v) is 4.19. The molecule has 1 aliphatic carbocycles. The van der Waals surface area contributed by atoms with Gasteiger partial charge in [-0.25, -0.2) is 0 Å². The van der Waals surface area contributed by atoms with Crippen LogP contribution < -0.4 is 11.5 Å². The number of carbonyl (C=O) groups excluding carboxylic acids is 1. The Kier molecular flexibility index (Phi) is 7.87. The number of halogens is 2. The summed E-state index contributed by atoms with van der Waals surface area (Å²) in [6, 6.07) is 15.0. The first-order chi connectivity index (χ1) is 13.5. The van der Waals surface area contributed by atoms with E-state index < -0.39 is 0 Å². The lowest BCUT2D eigenvalue weighted by Crippen LogP contribution is -2.13. The molecule has 1 fully saturated rings. The van der Waals surface area contributed by atoms with Crippen molar-refractivity contribution in [1.82, 2.24) is 4.98 Å². The van der Waals surface area contributed by atoms with E-state index in [1.807, 2.05) is 0 Å². The lowest BCUT2D eigenvalue weighted by molar-refractivity contribution is -0.119. The van der Waals surface area contributed by atoms with Gasteiger partial charge in [0.15, 0.2) is 0 Å². The van der Waals surface area contributed by atoms with Gasteiger partial charge in [-0.3, -0.25) is 9.78 Å².